The van der Waals surface area contributed by atoms with E-state index in [4.69, 9.17) is 25.5 Å². The van der Waals surface area contributed by atoms with Crippen LogP contribution < -0.4 is 0 Å². The first-order chi connectivity index (χ1) is 5.54. The number of hydrogen-bond donors (Lipinski definition) is 0. The molecule has 74 valence electrons. The third-order valence-electron chi connectivity index (χ3n) is 1.14. The molecule has 0 amide bonds. The summed E-state index contributed by atoms with van der Waals surface area (Å²) in [6.07, 6.45) is 0. The molecule has 0 saturated carbocycles. The molecule has 6 heteroatoms. The molecule has 0 N–H and O–H groups in total. The Morgan fingerprint density at radius 2 is 1.62 bits per heavy atom. The zero-order valence-corrected chi connectivity index (χ0v) is 9.86. The molecule has 0 rings (SSSR count). The van der Waals surface area contributed by atoms with Crippen molar-refractivity contribution in [3.8, 4) is 0 Å². The molecule has 0 aromatic rings. The molecule has 0 radical (unpaired) electrons. The molecule has 0 aliphatic rings. The molecule has 0 atom stereocenters. The summed E-state index contributed by atoms with van der Waals surface area (Å²) in [6, 6.07) is 0. The van der Waals surface area contributed by atoms with Gasteiger partial charge in [-0.2, -0.15) is 0 Å². The third-order valence-corrected chi connectivity index (χ3v) is 3.68. The zero-order valence-electron chi connectivity index (χ0n) is 8.05. The second kappa shape index (κ2) is 8.34. The predicted molar refractivity (Wildman–Crippen MR) is 61.4 cm³/mol. The van der Waals surface area contributed by atoms with Crippen molar-refractivity contribution in [2.24, 2.45) is 0 Å². The van der Waals surface area contributed by atoms with Crippen molar-refractivity contribution in [3.63, 3.8) is 0 Å². The molecule has 0 heterocycles. The first kappa shape index (κ1) is 16.5. The number of rotatable bonds is 5. The first-order valence-electron chi connectivity index (χ1n) is 4.01. The van der Waals surface area contributed by atoms with Crippen molar-refractivity contribution in [1.29, 1.82) is 0 Å². The van der Waals surface area contributed by atoms with E-state index in [1.165, 1.54) is 0 Å². The van der Waals surface area contributed by atoms with E-state index in [2.05, 4.69) is 0 Å². The van der Waals surface area contributed by atoms with Crippen LogP contribution in [0.4, 0.5) is 0 Å². The Kier molecular flexibility index (Phi) is 10.6. The van der Waals surface area contributed by atoms with Gasteiger partial charge in [-0.05, 0) is 26.1 Å². The van der Waals surface area contributed by atoms with Crippen molar-refractivity contribution in [2.45, 2.75) is 27.3 Å². The molecular formula is C7H17NaO3SSi. The van der Waals surface area contributed by atoms with Crippen molar-refractivity contribution < 1.29 is 13.3 Å². The fraction of sp³-hybridized carbons (Fsp3) is 0.857. The van der Waals surface area contributed by atoms with Gasteiger partial charge in [0.25, 0.3) is 0 Å². The van der Waals surface area contributed by atoms with E-state index < -0.39 is 8.80 Å². The van der Waals surface area contributed by atoms with E-state index in [1.807, 2.05) is 20.4 Å². The topological polar surface area (TPSA) is 27.7 Å². The molecule has 0 fully saturated rings. The Hall–Kier alpha value is 1.03. The average Bonchev–Trinajstić information content (AvgIpc) is 1.85. The van der Waals surface area contributed by atoms with Gasteiger partial charge in [-0.3, -0.25) is 0 Å². The van der Waals surface area contributed by atoms with Crippen LogP contribution >= 0.6 is 12.2 Å². The van der Waals surface area contributed by atoms with Crippen LogP contribution in [0.2, 0.25) is 6.55 Å². The molecule has 0 aromatic heterocycles. The molecular weight excluding hydrogens is 215 g/mol. The summed E-state index contributed by atoms with van der Waals surface area (Å²) in [4.78, 5) is 0. The summed E-state index contributed by atoms with van der Waals surface area (Å²) in [5.74, 6) is 0. The normalized spacial score (nSPS) is 10.5. The monoisotopic (exact) mass is 232 g/mol. The molecule has 0 unspecified atom stereocenters. The Morgan fingerprint density at radius 1 is 1.23 bits per heavy atom. The van der Waals surface area contributed by atoms with E-state index in [9.17, 15) is 0 Å². The van der Waals surface area contributed by atoms with Gasteiger partial charge in [-0.1, -0.05) is 0 Å². The summed E-state index contributed by atoms with van der Waals surface area (Å²) in [5.41, 5.74) is 0. The van der Waals surface area contributed by atoms with Gasteiger partial charge in [0.05, 0.1) is 0 Å². The molecule has 0 bridgehead atoms. The predicted octanol–water partition coefficient (Wildman–Crippen LogP) is 1.34. The molecule has 0 spiro atoms. The number of thiocarbonyl (C=S) groups is 1. The van der Waals surface area contributed by atoms with Crippen LogP contribution in [-0.4, -0.2) is 56.6 Å². The van der Waals surface area contributed by atoms with E-state index in [0.29, 0.717) is 18.3 Å². The van der Waals surface area contributed by atoms with Crippen molar-refractivity contribution in [1.82, 2.24) is 0 Å². The molecule has 13 heavy (non-hydrogen) atoms. The second-order valence-electron chi connectivity index (χ2n) is 2.32. The van der Waals surface area contributed by atoms with E-state index in [1.54, 1.807) is 6.92 Å². The van der Waals surface area contributed by atoms with Crippen LogP contribution in [-0.2, 0) is 13.3 Å². The van der Waals surface area contributed by atoms with E-state index >= 15 is 0 Å². The van der Waals surface area contributed by atoms with Gasteiger partial charge in [-0.15, -0.1) is 0 Å². The molecule has 0 aromatic carbocycles. The van der Waals surface area contributed by atoms with Gasteiger partial charge in [-0.25, -0.2) is 0 Å². The van der Waals surface area contributed by atoms with E-state index in [-0.39, 0.29) is 29.6 Å². The maximum absolute atomic E-state index is 5.39. The quantitative estimate of drug-likeness (QED) is 0.528. The SMILES string of the molecule is CCO[Si](C)(OCC)OC(C)=S.[NaH]. The second-order valence-corrected chi connectivity index (χ2v) is 5.40. The van der Waals surface area contributed by atoms with Crippen LogP contribution in [0.1, 0.15) is 20.8 Å². The molecule has 0 aliphatic heterocycles. The molecule has 0 aliphatic carbocycles. The van der Waals surface area contributed by atoms with Gasteiger partial charge in [0.2, 0.25) is 0 Å². The fourth-order valence-corrected chi connectivity index (χ4v) is 3.11. The van der Waals surface area contributed by atoms with Crippen molar-refractivity contribution in [2.75, 3.05) is 13.2 Å². The van der Waals surface area contributed by atoms with Gasteiger partial charge >= 0.3 is 38.4 Å². The van der Waals surface area contributed by atoms with Gasteiger partial charge in [0.1, 0.15) is 5.05 Å². The van der Waals surface area contributed by atoms with Crippen LogP contribution in [0.15, 0.2) is 0 Å². The van der Waals surface area contributed by atoms with Crippen molar-refractivity contribution >= 4 is 55.6 Å². The minimum absolute atomic E-state index is 0. The first-order valence-corrected chi connectivity index (χ1v) is 6.65. The standard InChI is InChI=1S/C7H16O3SSi.Na.H/c1-5-8-12(4,9-6-2)10-7(3)11;;/h5-6H2,1-4H3;;. The van der Waals surface area contributed by atoms with Crippen LogP contribution in [0.5, 0.6) is 0 Å². The zero-order chi connectivity index (χ0) is 9.61. The molecule has 3 nitrogen and oxygen atoms in total. The van der Waals surface area contributed by atoms with Crippen LogP contribution in [0.3, 0.4) is 0 Å². The van der Waals surface area contributed by atoms with Crippen LogP contribution in [0, 0.1) is 0 Å². The Morgan fingerprint density at radius 3 is 1.85 bits per heavy atom. The Bertz CT molecular complexity index is 151. The van der Waals surface area contributed by atoms with Crippen molar-refractivity contribution in [3.05, 3.63) is 0 Å². The minimum atomic E-state index is -2.45. The van der Waals surface area contributed by atoms with Gasteiger partial charge in [0, 0.05) is 26.7 Å². The van der Waals surface area contributed by atoms with Gasteiger partial charge in [0.15, 0.2) is 0 Å². The Balaban J connectivity index is 0. The van der Waals surface area contributed by atoms with Crippen LogP contribution in [0.25, 0.3) is 0 Å². The van der Waals surface area contributed by atoms with E-state index in [0.717, 1.165) is 0 Å². The average molecular weight is 232 g/mol. The summed E-state index contributed by atoms with van der Waals surface area (Å²) >= 11 is 4.82. The molecule has 0 saturated heterocycles. The summed E-state index contributed by atoms with van der Waals surface area (Å²) in [5, 5.41) is 0.478. The third kappa shape index (κ3) is 8.05. The van der Waals surface area contributed by atoms with Gasteiger partial charge < -0.3 is 13.3 Å². The summed E-state index contributed by atoms with van der Waals surface area (Å²) in [7, 11) is -2.45. The fourth-order valence-electron chi connectivity index (χ4n) is 0.886. The summed E-state index contributed by atoms with van der Waals surface area (Å²) in [6.45, 7) is 8.56. The number of hydrogen-bond acceptors (Lipinski definition) is 4. The Labute approximate surface area is 109 Å². The summed E-state index contributed by atoms with van der Waals surface area (Å²) < 4.78 is 16.1. The maximum atomic E-state index is 5.39.